The lowest BCUT2D eigenvalue weighted by atomic mass is 9.78. The maximum Gasteiger partial charge on any atom is 0.492 e. The van der Waals surface area contributed by atoms with Crippen molar-refractivity contribution in [3.8, 4) is 17.9 Å². The van der Waals surface area contributed by atoms with E-state index in [-0.39, 0.29) is 22.3 Å². The van der Waals surface area contributed by atoms with Crippen LogP contribution in [0.25, 0.3) is 0 Å². The number of benzene rings is 1. The van der Waals surface area contributed by atoms with E-state index in [1.165, 1.54) is 19.2 Å². The average molecular weight is 202 g/mol. The van der Waals surface area contributed by atoms with Gasteiger partial charge in [-0.25, -0.2) is 0 Å². The second kappa shape index (κ2) is 4.47. The zero-order chi connectivity index (χ0) is 11.4. The Bertz CT molecular complexity index is 460. The molecule has 0 spiro atoms. The van der Waals surface area contributed by atoms with E-state index in [9.17, 15) is 0 Å². The van der Waals surface area contributed by atoms with Gasteiger partial charge in [-0.2, -0.15) is 10.5 Å². The molecule has 0 heterocycles. The highest BCUT2D eigenvalue weighted by molar-refractivity contribution is 6.59. The molecule has 5 nitrogen and oxygen atoms in total. The van der Waals surface area contributed by atoms with Crippen molar-refractivity contribution in [1.82, 2.24) is 0 Å². The third-order valence-electron chi connectivity index (χ3n) is 1.90. The van der Waals surface area contributed by atoms with Gasteiger partial charge in [0.15, 0.2) is 0 Å². The molecule has 0 atom stereocenters. The van der Waals surface area contributed by atoms with E-state index in [1.807, 2.05) is 6.07 Å². The third-order valence-corrected chi connectivity index (χ3v) is 1.90. The molecule has 0 bridgehead atoms. The molecule has 0 saturated carbocycles. The van der Waals surface area contributed by atoms with Gasteiger partial charge in [0.2, 0.25) is 0 Å². The van der Waals surface area contributed by atoms with E-state index in [0.29, 0.717) is 0 Å². The van der Waals surface area contributed by atoms with Gasteiger partial charge in [-0.15, -0.1) is 0 Å². The summed E-state index contributed by atoms with van der Waals surface area (Å²) < 4.78 is 4.88. The molecule has 6 heteroatoms. The number of ether oxygens (including phenoxy) is 1. The zero-order valence-corrected chi connectivity index (χ0v) is 7.93. The van der Waals surface area contributed by atoms with Crippen molar-refractivity contribution in [2.45, 2.75) is 0 Å². The molecule has 1 aromatic rings. The van der Waals surface area contributed by atoms with Crippen LogP contribution in [-0.2, 0) is 0 Å². The van der Waals surface area contributed by atoms with Crippen molar-refractivity contribution >= 4 is 12.6 Å². The Morgan fingerprint density at radius 1 is 1.27 bits per heavy atom. The van der Waals surface area contributed by atoms with Gasteiger partial charge in [0.25, 0.3) is 0 Å². The Morgan fingerprint density at radius 2 is 1.93 bits per heavy atom. The summed E-state index contributed by atoms with van der Waals surface area (Å²) in [6.07, 6.45) is 0. The predicted octanol–water partition coefficient (Wildman–Crippen LogP) is -0.882. The Labute approximate surface area is 86.9 Å². The molecule has 0 aliphatic rings. The maximum atomic E-state index is 9.00. The lowest BCUT2D eigenvalue weighted by molar-refractivity contribution is 0.402. The van der Waals surface area contributed by atoms with Crippen LogP contribution in [0.4, 0.5) is 0 Å². The van der Waals surface area contributed by atoms with Gasteiger partial charge < -0.3 is 14.8 Å². The summed E-state index contributed by atoms with van der Waals surface area (Å²) in [7, 11) is -0.441. The van der Waals surface area contributed by atoms with Crippen LogP contribution in [0.1, 0.15) is 11.1 Å². The monoisotopic (exact) mass is 202 g/mol. The fraction of sp³-hybridized carbons (Fsp3) is 0.111. The summed E-state index contributed by atoms with van der Waals surface area (Å²) in [5.74, 6) is 0.0200. The summed E-state index contributed by atoms with van der Waals surface area (Å²) in [6.45, 7) is 0. The Morgan fingerprint density at radius 3 is 2.33 bits per heavy atom. The minimum atomic E-state index is -1.74. The third kappa shape index (κ3) is 1.91. The number of hydrogen-bond donors (Lipinski definition) is 2. The summed E-state index contributed by atoms with van der Waals surface area (Å²) >= 11 is 0. The van der Waals surface area contributed by atoms with Crippen molar-refractivity contribution in [1.29, 1.82) is 10.5 Å². The summed E-state index contributed by atoms with van der Waals surface area (Å²) in [4.78, 5) is 0. The first-order chi connectivity index (χ1) is 7.15. The van der Waals surface area contributed by atoms with Crippen molar-refractivity contribution in [3.63, 3.8) is 0 Å². The minimum Gasteiger partial charge on any atom is -0.496 e. The molecule has 15 heavy (non-hydrogen) atoms. The number of nitriles is 2. The van der Waals surface area contributed by atoms with Crippen LogP contribution in [0.2, 0.25) is 0 Å². The molecule has 0 saturated heterocycles. The van der Waals surface area contributed by atoms with E-state index >= 15 is 0 Å². The molecular weight excluding hydrogens is 195 g/mol. The number of rotatable bonds is 2. The molecule has 0 aliphatic heterocycles. The molecule has 2 N–H and O–H groups in total. The van der Waals surface area contributed by atoms with Crippen LogP contribution < -0.4 is 10.2 Å². The largest absolute Gasteiger partial charge is 0.496 e. The maximum absolute atomic E-state index is 9.00. The Kier molecular flexibility index (Phi) is 3.30. The summed E-state index contributed by atoms with van der Waals surface area (Å²) in [5, 5.41) is 35.5. The fourth-order valence-electron chi connectivity index (χ4n) is 1.23. The molecule has 74 valence electrons. The van der Waals surface area contributed by atoms with E-state index < -0.39 is 7.12 Å². The molecule has 0 radical (unpaired) electrons. The van der Waals surface area contributed by atoms with Crippen LogP contribution in [0.3, 0.4) is 0 Å². The van der Waals surface area contributed by atoms with Gasteiger partial charge in [0, 0.05) is 5.46 Å². The second-order valence-electron chi connectivity index (χ2n) is 2.71. The minimum absolute atomic E-state index is 0.00519. The van der Waals surface area contributed by atoms with Gasteiger partial charge in [-0.3, -0.25) is 0 Å². The highest BCUT2D eigenvalue weighted by atomic mass is 16.5. The SMILES string of the molecule is COc1c(B(O)O)ccc(C#N)c1C#N. The van der Waals surface area contributed by atoms with Crippen molar-refractivity contribution in [2.75, 3.05) is 7.11 Å². The van der Waals surface area contributed by atoms with Crippen LogP contribution in [0, 0.1) is 22.7 Å². The quantitative estimate of drug-likeness (QED) is 0.606. The topological polar surface area (TPSA) is 97.3 Å². The Hall–Kier alpha value is -2.02. The average Bonchev–Trinajstić information content (AvgIpc) is 2.26. The van der Waals surface area contributed by atoms with E-state index in [2.05, 4.69) is 0 Å². The molecular formula is C9H7BN2O3. The normalized spacial score (nSPS) is 8.87. The van der Waals surface area contributed by atoms with Crippen molar-refractivity contribution in [3.05, 3.63) is 23.3 Å². The second-order valence-corrected chi connectivity index (χ2v) is 2.71. The van der Waals surface area contributed by atoms with Crippen LogP contribution >= 0.6 is 0 Å². The molecule has 0 unspecified atom stereocenters. The van der Waals surface area contributed by atoms with E-state index in [4.69, 9.17) is 25.3 Å². The Balaban J connectivity index is 3.52. The van der Waals surface area contributed by atoms with Crippen molar-refractivity contribution in [2.24, 2.45) is 0 Å². The predicted molar refractivity (Wildman–Crippen MR) is 52.2 cm³/mol. The fourth-order valence-corrected chi connectivity index (χ4v) is 1.23. The number of hydrogen-bond acceptors (Lipinski definition) is 5. The molecule has 0 amide bonds. The molecule has 1 rings (SSSR count). The first-order valence-corrected chi connectivity index (χ1v) is 4.03. The van der Waals surface area contributed by atoms with Gasteiger partial charge in [0.05, 0.1) is 12.7 Å². The standard InChI is InChI=1S/C9H7BN2O3/c1-15-9-7(5-12)6(4-11)2-3-8(9)10(13)14/h2-3,13-14H,1H3. The van der Waals surface area contributed by atoms with Crippen LogP contribution in [0.15, 0.2) is 12.1 Å². The van der Waals surface area contributed by atoms with Gasteiger partial charge in [-0.05, 0) is 6.07 Å². The van der Waals surface area contributed by atoms with Gasteiger partial charge in [0.1, 0.15) is 23.5 Å². The molecule has 0 aromatic heterocycles. The molecule has 1 aromatic carbocycles. The highest BCUT2D eigenvalue weighted by Gasteiger charge is 2.21. The number of methoxy groups -OCH3 is 1. The number of nitrogens with zero attached hydrogens (tertiary/aromatic N) is 2. The lowest BCUT2D eigenvalue weighted by Crippen LogP contribution is -2.31. The van der Waals surface area contributed by atoms with Crippen LogP contribution in [0.5, 0.6) is 5.75 Å². The van der Waals surface area contributed by atoms with Gasteiger partial charge in [-0.1, -0.05) is 6.07 Å². The first kappa shape index (κ1) is 11.1. The van der Waals surface area contributed by atoms with E-state index in [0.717, 1.165) is 0 Å². The van der Waals surface area contributed by atoms with E-state index in [1.54, 1.807) is 6.07 Å². The van der Waals surface area contributed by atoms with Crippen molar-refractivity contribution < 1.29 is 14.8 Å². The van der Waals surface area contributed by atoms with Gasteiger partial charge >= 0.3 is 7.12 Å². The zero-order valence-electron chi connectivity index (χ0n) is 7.93. The summed E-state index contributed by atoms with van der Waals surface area (Å²) in [5.41, 5.74) is 0.206. The van der Waals surface area contributed by atoms with Crippen LogP contribution in [-0.4, -0.2) is 24.3 Å². The first-order valence-electron chi connectivity index (χ1n) is 4.03. The molecule has 0 aliphatic carbocycles. The molecule has 0 fully saturated rings. The summed E-state index contributed by atoms with van der Waals surface area (Å²) in [6, 6.07) is 6.29. The smallest absolute Gasteiger partial charge is 0.492 e. The lowest BCUT2D eigenvalue weighted by Gasteiger charge is -2.09. The highest BCUT2D eigenvalue weighted by Crippen LogP contribution is 2.18.